The smallest absolute Gasteiger partial charge is 0.284 e. The summed E-state index contributed by atoms with van der Waals surface area (Å²) < 4.78 is 12.9. The predicted molar refractivity (Wildman–Crippen MR) is 167 cm³/mol. The van der Waals surface area contributed by atoms with E-state index in [1.807, 2.05) is 49.4 Å². The molecule has 0 aliphatic carbocycles. The summed E-state index contributed by atoms with van der Waals surface area (Å²) in [6, 6.07) is 23.8. The Labute approximate surface area is 255 Å². The number of fused-ring (bicyclic) bond motifs is 1. The molecule has 1 amide bonds. The first-order valence-electron chi connectivity index (χ1n) is 13.6. The molecule has 220 valence electrons. The Hall–Kier alpha value is -5.55. The van der Waals surface area contributed by atoms with Gasteiger partial charge in [0.25, 0.3) is 17.2 Å². The average molecular weight is 607 g/mol. The number of allylic oxidation sites excluding steroid dienone is 1. The van der Waals surface area contributed by atoms with Gasteiger partial charge in [-0.25, -0.2) is 4.99 Å². The molecule has 0 unspecified atom stereocenters. The summed E-state index contributed by atoms with van der Waals surface area (Å²) in [4.78, 5) is 44.0. The number of anilines is 1. The third-order valence-corrected chi connectivity index (χ3v) is 8.24. The quantitative estimate of drug-likeness (QED) is 0.196. The number of carbonyl (C=O) groups is 1. The van der Waals surface area contributed by atoms with E-state index in [-0.39, 0.29) is 28.5 Å². The minimum absolute atomic E-state index is 0.167. The number of aryl methyl sites for hydroxylation is 1. The fourth-order valence-electron chi connectivity index (χ4n) is 5.10. The van der Waals surface area contributed by atoms with Gasteiger partial charge in [-0.2, -0.15) is 0 Å². The Morgan fingerprint density at radius 3 is 2.52 bits per heavy atom. The molecule has 1 aliphatic heterocycles. The van der Waals surface area contributed by atoms with Crippen LogP contribution in [0.5, 0.6) is 5.75 Å². The lowest BCUT2D eigenvalue weighted by Crippen LogP contribution is -2.40. The van der Waals surface area contributed by atoms with Crippen LogP contribution in [0.4, 0.5) is 11.4 Å². The number of hydrogen-bond donors (Lipinski definition) is 1. The van der Waals surface area contributed by atoms with Crippen molar-refractivity contribution >= 4 is 34.7 Å². The van der Waals surface area contributed by atoms with E-state index >= 15 is 0 Å². The first-order valence-corrected chi connectivity index (χ1v) is 14.4. The third kappa shape index (κ3) is 5.36. The summed E-state index contributed by atoms with van der Waals surface area (Å²) in [6.45, 7) is 3.73. The number of hydrogen-bond acceptors (Lipinski definition) is 8. The summed E-state index contributed by atoms with van der Waals surface area (Å²) >= 11 is 1.18. The molecule has 3 heterocycles. The largest absolute Gasteiger partial charge is 0.497 e. The maximum atomic E-state index is 14.0. The van der Waals surface area contributed by atoms with E-state index in [1.54, 1.807) is 49.4 Å². The van der Waals surface area contributed by atoms with Crippen LogP contribution in [0.3, 0.4) is 0 Å². The number of furan rings is 1. The molecule has 11 heteroatoms. The van der Waals surface area contributed by atoms with Crippen molar-refractivity contribution in [1.29, 1.82) is 0 Å². The standard InChI is InChI=1S/C33H26N4O6S/c1-19-9-11-21(12-10-19)30-29(31(38)35-22-7-5-4-6-8-22)20(2)34-33-36(30)32(39)28(44-33)18-24-14-16-27(43-24)25-15-13-23(42-3)17-26(25)37(40)41/h4-18,30H,1-3H3,(H,35,38)/b28-18-/t30-/m1/s1. The van der Waals surface area contributed by atoms with E-state index in [0.29, 0.717) is 37.8 Å². The van der Waals surface area contributed by atoms with Crippen LogP contribution in [0.15, 0.2) is 110 Å². The minimum atomic E-state index is -0.716. The number of amides is 1. The molecule has 0 spiro atoms. The minimum Gasteiger partial charge on any atom is -0.497 e. The Kier molecular flexibility index (Phi) is 7.54. The van der Waals surface area contributed by atoms with E-state index in [4.69, 9.17) is 9.15 Å². The van der Waals surface area contributed by atoms with Crippen LogP contribution in [-0.2, 0) is 4.79 Å². The van der Waals surface area contributed by atoms with Gasteiger partial charge in [-0.1, -0.05) is 59.4 Å². The fourth-order valence-corrected chi connectivity index (χ4v) is 6.12. The highest BCUT2D eigenvalue weighted by Crippen LogP contribution is 2.34. The van der Waals surface area contributed by atoms with Gasteiger partial charge < -0.3 is 14.5 Å². The number of ether oxygens (including phenoxy) is 1. The number of methoxy groups -OCH3 is 1. The molecule has 0 saturated carbocycles. The van der Waals surface area contributed by atoms with Crippen LogP contribution in [0.25, 0.3) is 17.4 Å². The summed E-state index contributed by atoms with van der Waals surface area (Å²) in [5.41, 5.74) is 3.08. The molecule has 1 N–H and O–H groups in total. The van der Waals surface area contributed by atoms with Gasteiger partial charge in [-0.15, -0.1) is 0 Å². The molecule has 0 bridgehead atoms. The highest BCUT2D eigenvalue weighted by molar-refractivity contribution is 7.07. The van der Waals surface area contributed by atoms with Crippen molar-refractivity contribution in [3.8, 4) is 17.1 Å². The summed E-state index contributed by atoms with van der Waals surface area (Å²) in [5, 5.41) is 14.6. The highest BCUT2D eigenvalue weighted by atomic mass is 32.1. The normalized spacial score (nSPS) is 14.6. The van der Waals surface area contributed by atoms with Gasteiger partial charge in [0.1, 0.15) is 17.3 Å². The van der Waals surface area contributed by atoms with Gasteiger partial charge in [-0.05, 0) is 55.8 Å². The summed E-state index contributed by atoms with van der Waals surface area (Å²) in [6.07, 6.45) is 1.58. The van der Waals surface area contributed by atoms with Crippen LogP contribution in [0.1, 0.15) is 29.9 Å². The van der Waals surface area contributed by atoms with Gasteiger partial charge in [0.15, 0.2) is 4.80 Å². The molecular formula is C33H26N4O6S. The van der Waals surface area contributed by atoms with Gasteiger partial charge in [0.05, 0.1) is 45.5 Å². The van der Waals surface area contributed by atoms with Crippen LogP contribution in [0.2, 0.25) is 0 Å². The van der Waals surface area contributed by atoms with Gasteiger partial charge in [-0.3, -0.25) is 24.3 Å². The van der Waals surface area contributed by atoms with Crippen LogP contribution < -0.4 is 24.9 Å². The molecule has 0 saturated heterocycles. The van der Waals surface area contributed by atoms with Crippen molar-refractivity contribution in [2.45, 2.75) is 19.9 Å². The molecule has 5 aromatic rings. The van der Waals surface area contributed by atoms with Crippen LogP contribution in [0, 0.1) is 17.0 Å². The first-order chi connectivity index (χ1) is 21.2. The van der Waals surface area contributed by atoms with Crippen molar-refractivity contribution in [1.82, 2.24) is 4.57 Å². The number of thiazole rings is 1. The number of rotatable bonds is 7. The van der Waals surface area contributed by atoms with Gasteiger partial charge >= 0.3 is 0 Å². The zero-order valence-electron chi connectivity index (χ0n) is 23.9. The number of nitro benzene ring substituents is 1. The van der Waals surface area contributed by atoms with Crippen molar-refractivity contribution < 1.29 is 18.9 Å². The van der Waals surface area contributed by atoms with Crippen LogP contribution >= 0.6 is 11.3 Å². The second-order valence-corrected chi connectivity index (χ2v) is 11.2. The lowest BCUT2D eigenvalue weighted by molar-refractivity contribution is -0.384. The lowest BCUT2D eigenvalue weighted by Gasteiger charge is -2.25. The van der Waals surface area contributed by atoms with Gasteiger partial charge in [0.2, 0.25) is 0 Å². The molecule has 10 nitrogen and oxygen atoms in total. The third-order valence-electron chi connectivity index (χ3n) is 7.26. The monoisotopic (exact) mass is 606 g/mol. The van der Waals surface area contributed by atoms with E-state index in [0.717, 1.165) is 11.1 Å². The highest BCUT2D eigenvalue weighted by Gasteiger charge is 2.32. The second-order valence-electron chi connectivity index (χ2n) is 10.2. The van der Waals surface area contributed by atoms with E-state index < -0.39 is 11.0 Å². The summed E-state index contributed by atoms with van der Waals surface area (Å²) in [7, 11) is 1.43. The van der Waals surface area contributed by atoms with Gasteiger partial charge in [0, 0.05) is 11.8 Å². The number of benzene rings is 3. The average Bonchev–Trinajstić information content (AvgIpc) is 3.60. The van der Waals surface area contributed by atoms with Crippen molar-refractivity contribution in [3.05, 3.63) is 143 Å². The molecule has 2 aromatic heterocycles. The second kappa shape index (κ2) is 11.6. The number of aromatic nitrogens is 1. The predicted octanol–water partition coefficient (Wildman–Crippen LogP) is 5.36. The first kappa shape index (κ1) is 28.6. The van der Waals surface area contributed by atoms with Crippen molar-refractivity contribution in [2.75, 3.05) is 12.4 Å². The van der Waals surface area contributed by atoms with E-state index in [2.05, 4.69) is 10.3 Å². The molecule has 6 rings (SSSR count). The molecule has 44 heavy (non-hydrogen) atoms. The number of nitrogens with one attached hydrogen (secondary N) is 1. The Bertz CT molecular complexity index is 2130. The van der Waals surface area contributed by atoms with E-state index in [9.17, 15) is 19.7 Å². The zero-order valence-corrected chi connectivity index (χ0v) is 24.8. The Morgan fingerprint density at radius 2 is 1.82 bits per heavy atom. The number of nitrogens with zero attached hydrogens (tertiary/aromatic N) is 3. The molecule has 0 fully saturated rings. The maximum Gasteiger partial charge on any atom is 0.284 e. The maximum absolute atomic E-state index is 14.0. The topological polar surface area (TPSA) is 129 Å². The molecule has 0 radical (unpaired) electrons. The van der Waals surface area contributed by atoms with Crippen LogP contribution in [-0.4, -0.2) is 22.5 Å². The number of nitro groups is 1. The Morgan fingerprint density at radius 1 is 1.07 bits per heavy atom. The number of carbonyl (C=O) groups excluding carboxylic acids is 1. The molecular weight excluding hydrogens is 580 g/mol. The SMILES string of the molecule is COc1ccc(-c2ccc(/C=c3\sc4n(c3=O)[C@H](c3ccc(C)cc3)C(C(=O)Nc3ccccc3)=C(C)N=4)o2)c([N+](=O)[O-])c1. The zero-order chi connectivity index (χ0) is 31.0. The molecule has 1 aliphatic rings. The van der Waals surface area contributed by atoms with E-state index in [1.165, 1.54) is 29.1 Å². The Balaban J connectivity index is 1.44. The molecule has 1 atom stereocenters. The fraction of sp³-hybridized carbons (Fsp3) is 0.121. The van der Waals surface area contributed by atoms with Crippen molar-refractivity contribution in [2.24, 2.45) is 4.99 Å². The lowest BCUT2D eigenvalue weighted by atomic mass is 9.94. The number of para-hydroxylation sites is 1. The summed E-state index contributed by atoms with van der Waals surface area (Å²) in [5.74, 6) is 0.601. The molecule has 3 aromatic carbocycles. The van der Waals surface area contributed by atoms with Crippen molar-refractivity contribution in [3.63, 3.8) is 0 Å².